The molecule has 0 aromatic carbocycles. The summed E-state index contributed by atoms with van der Waals surface area (Å²) in [4.78, 5) is 0. The average Bonchev–Trinajstić information content (AvgIpc) is 2.36. The van der Waals surface area contributed by atoms with Crippen molar-refractivity contribution in [2.24, 2.45) is 11.8 Å². The third-order valence-electron chi connectivity index (χ3n) is 4.10. The van der Waals surface area contributed by atoms with E-state index in [0.29, 0.717) is 11.8 Å². The maximum atomic E-state index is 14.4. The molecule has 2 aliphatic carbocycles. The molecule has 2 aliphatic rings. The fourth-order valence-corrected chi connectivity index (χ4v) is 3.37. The molecule has 2 rings (SSSR count). The average molecular weight is 370 g/mol. The smallest absolute Gasteiger partial charge is 0.183 e. The highest BCUT2D eigenvalue weighted by atomic mass is 127. The van der Waals surface area contributed by atoms with Crippen molar-refractivity contribution in [1.29, 1.82) is 0 Å². The number of rotatable bonds is 2. The predicted octanol–water partition coefficient (Wildman–Crippen LogP) is 5.69. The molecule has 0 aliphatic heterocycles. The van der Waals surface area contributed by atoms with E-state index in [1.165, 1.54) is 5.57 Å². The molecule has 0 bridgehead atoms. The fraction of sp³-hybridized carbons (Fsp3) is 0.412. The van der Waals surface area contributed by atoms with Crippen LogP contribution in [0.5, 0.6) is 0 Å². The molecule has 0 N–H and O–H groups in total. The van der Waals surface area contributed by atoms with Gasteiger partial charge >= 0.3 is 0 Å². The molecular formula is C17H20FI. The topological polar surface area (TPSA) is 0 Å². The maximum Gasteiger partial charge on any atom is 0.183 e. The summed E-state index contributed by atoms with van der Waals surface area (Å²) in [6.45, 7) is 9.94. The van der Waals surface area contributed by atoms with Crippen LogP contribution in [0, 0.1) is 11.8 Å². The second-order valence-electron chi connectivity index (χ2n) is 5.47. The molecular weight excluding hydrogens is 350 g/mol. The summed E-state index contributed by atoms with van der Waals surface area (Å²) in [5.74, 6) is 0.669. The Morgan fingerprint density at radius 1 is 1.42 bits per heavy atom. The minimum atomic E-state index is -1.34. The van der Waals surface area contributed by atoms with Crippen LogP contribution < -0.4 is 0 Å². The van der Waals surface area contributed by atoms with Crippen LogP contribution in [0.3, 0.4) is 0 Å². The first-order valence-corrected chi connectivity index (χ1v) is 7.73. The largest absolute Gasteiger partial charge is 0.227 e. The third kappa shape index (κ3) is 2.93. The maximum absolute atomic E-state index is 14.4. The van der Waals surface area contributed by atoms with E-state index < -0.39 is 3.68 Å². The first-order chi connectivity index (χ1) is 8.82. The Labute approximate surface area is 129 Å². The van der Waals surface area contributed by atoms with Gasteiger partial charge in [-0.25, -0.2) is 4.39 Å². The van der Waals surface area contributed by atoms with E-state index in [4.69, 9.17) is 0 Å². The minimum absolute atomic E-state index is 0.295. The summed E-state index contributed by atoms with van der Waals surface area (Å²) in [5, 5.41) is 0. The Balaban J connectivity index is 2.45. The van der Waals surface area contributed by atoms with Crippen LogP contribution in [0.25, 0.3) is 0 Å². The van der Waals surface area contributed by atoms with Crippen LogP contribution >= 0.6 is 22.6 Å². The molecule has 0 unspecified atom stereocenters. The summed E-state index contributed by atoms with van der Waals surface area (Å²) < 4.78 is 13.0. The van der Waals surface area contributed by atoms with E-state index in [1.807, 2.05) is 29.5 Å². The van der Waals surface area contributed by atoms with Gasteiger partial charge in [-0.3, -0.25) is 0 Å². The van der Waals surface area contributed by atoms with Crippen LogP contribution in [-0.4, -0.2) is 3.68 Å². The number of hydrogen-bond acceptors (Lipinski definition) is 0. The SMILES string of the molecule is C=C1C(C)=C([C@@](C)(F)I)C=C([C@H]2C=CC=CC2)[C@@H]1C. The van der Waals surface area contributed by atoms with Crippen molar-refractivity contribution in [2.45, 2.75) is 30.9 Å². The second-order valence-corrected chi connectivity index (χ2v) is 7.50. The summed E-state index contributed by atoms with van der Waals surface area (Å²) in [5.41, 5.74) is 4.11. The molecule has 0 fully saturated rings. The van der Waals surface area contributed by atoms with Crippen LogP contribution in [0.4, 0.5) is 4.39 Å². The van der Waals surface area contributed by atoms with E-state index in [0.717, 1.165) is 23.1 Å². The van der Waals surface area contributed by atoms with Crippen molar-refractivity contribution in [2.75, 3.05) is 0 Å². The number of halogens is 2. The molecule has 0 amide bonds. The normalized spacial score (nSPS) is 30.4. The predicted molar refractivity (Wildman–Crippen MR) is 89.0 cm³/mol. The highest BCUT2D eigenvalue weighted by Crippen LogP contribution is 2.44. The summed E-state index contributed by atoms with van der Waals surface area (Å²) in [7, 11) is 0. The van der Waals surface area contributed by atoms with Crippen LogP contribution in [0.1, 0.15) is 27.2 Å². The summed E-state index contributed by atoms with van der Waals surface area (Å²) in [6.07, 6.45) is 11.6. The second kappa shape index (κ2) is 5.39. The van der Waals surface area contributed by atoms with Crippen LogP contribution in [0.2, 0.25) is 0 Å². The van der Waals surface area contributed by atoms with E-state index in [-0.39, 0.29) is 0 Å². The lowest BCUT2D eigenvalue weighted by Gasteiger charge is -2.33. The lowest BCUT2D eigenvalue weighted by molar-refractivity contribution is 0.391. The van der Waals surface area contributed by atoms with Gasteiger partial charge in [-0.2, -0.15) is 0 Å². The molecule has 102 valence electrons. The van der Waals surface area contributed by atoms with Crippen molar-refractivity contribution < 1.29 is 4.39 Å². The molecule has 0 radical (unpaired) electrons. The highest BCUT2D eigenvalue weighted by Gasteiger charge is 2.33. The zero-order valence-corrected chi connectivity index (χ0v) is 13.9. The van der Waals surface area contributed by atoms with Crippen molar-refractivity contribution in [3.05, 3.63) is 59.3 Å². The fourth-order valence-electron chi connectivity index (χ4n) is 2.81. The van der Waals surface area contributed by atoms with Gasteiger partial charge in [0.05, 0.1) is 0 Å². The Kier molecular flexibility index (Phi) is 4.19. The van der Waals surface area contributed by atoms with Gasteiger partial charge in [-0.05, 0) is 54.0 Å². The zero-order chi connectivity index (χ0) is 14.2. The minimum Gasteiger partial charge on any atom is -0.227 e. The van der Waals surface area contributed by atoms with Crippen molar-refractivity contribution >= 4 is 22.6 Å². The lowest BCUT2D eigenvalue weighted by atomic mass is 9.74. The van der Waals surface area contributed by atoms with Gasteiger partial charge in [0.1, 0.15) is 0 Å². The first-order valence-electron chi connectivity index (χ1n) is 6.65. The summed E-state index contributed by atoms with van der Waals surface area (Å²) >= 11 is 1.87. The molecule has 0 saturated heterocycles. The Morgan fingerprint density at radius 2 is 2.11 bits per heavy atom. The van der Waals surface area contributed by atoms with Crippen molar-refractivity contribution in [1.82, 2.24) is 0 Å². The number of alkyl halides is 2. The van der Waals surface area contributed by atoms with E-state index >= 15 is 0 Å². The molecule has 0 nitrogen and oxygen atoms in total. The molecule has 2 heteroatoms. The molecule has 19 heavy (non-hydrogen) atoms. The Bertz CT molecular complexity index is 512. The number of allylic oxidation sites excluding steroid dienone is 9. The van der Waals surface area contributed by atoms with Gasteiger partial charge in [-0.1, -0.05) is 49.5 Å². The molecule has 0 saturated carbocycles. The van der Waals surface area contributed by atoms with Gasteiger partial charge in [0.15, 0.2) is 3.68 Å². The van der Waals surface area contributed by atoms with Gasteiger partial charge in [0.2, 0.25) is 0 Å². The van der Waals surface area contributed by atoms with Crippen LogP contribution in [0.15, 0.2) is 59.3 Å². The first kappa shape index (κ1) is 14.8. The van der Waals surface area contributed by atoms with Crippen molar-refractivity contribution in [3.63, 3.8) is 0 Å². The monoisotopic (exact) mass is 370 g/mol. The Morgan fingerprint density at radius 3 is 2.63 bits per heavy atom. The van der Waals surface area contributed by atoms with Gasteiger partial charge < -0.3 is 0 Å². The van der Waals surface area contributed by atoms with Crippen molar-refractivity contribution in [3.8, 4) is 0 Å². The van der Waals surface area contributed by atoms with Gasteiger partial charge in [-0.15, -0.1) is 0 Å². The van der Waals surface area contributed by atoms with E-state index in [1.54, 1.807) is 6.92 Å². The Hall–Kier alpha value is -0.640. The van der Waals surface area contributed by atoms with E-state index in [2.05, 4.69) is 43.9 Å². The van der Waals surface area contributed by atoms with E-state index in [9.17, 15) is 4.39 Å². The van der Waals surface area contributed by atoms with Gasteiger partial charge in [0, 0.05) is 17.4 Å². The van der Waals surface area contributed by atoms with Crippen LogP contribution in [-0.2, 0) is 0 Å². The molecule has 3 atom stereocenters. The van der Waals surface area contributed by atoms with Gasteiger partial charge in [0.25, 0.3) is 0 Å². The lowest BCUT2D eigenvalue weighted by Crippen LogP contribution is -2.22. The highest BCUT2D eigenvalue weighted by molar-refractivity contribution is 14.1. The third-order valence-corrected chi connectivity index (χ3v) is 4.68. The molecule has 0 aromatic rings. The molecule has 0 aromatic heterocycles. The summed E-state index contributed by atoms with van der Waals surface area (Å²) in [6, 6.07) is 0. The quantitative estimate of drug-likeness (QED) is 0.433. The molecule has 0 heterocycles. The standard InChI is InChI=1S/C17H20FI/c1-11-12(2)15(14-8-6-5-7-9-14)10-16(13(11)3)17(4,18)19/h5-8,10,12,14H,1,9H2,2-4H3/t12-,14+,17+/m1/s1. The molecule has 0 spiro atoms. The number of hydrogen-bond donors (Lipinski definition) is 0. The zero-order valence-electron chi connectivity index (χ0n) is 11.7.